The first-order valence-electron chi connectivity index (χ1n) is 25.4. The number of hydrogen-bond acceptors (Lipinski definition) is 4. The van der Waals surface area contributed by atoms with Crippen LogP contribution < -0.4 is 0 Å². The van der Waals surface area contributed by atoms with E-state index in [2.05, 4.69) is 12.1 Å². The van der Waals surface area contributed by atoms with E-state index in [-0.39, 0.29) is 22.3 Å². The van der Waals surface area contributed by atoms with Crippen LogP contribution in [0, 0.1) is 0 Å². The lowest BCUT2D eigenvalue weighted by Gasteiger charge is -2.16. The van der Waals surface area contributed by atoms with Gasteiger partial charge in [-0.05, 0) is 64.7 Å². The molecule has 0 atom stereocenters. The van der Waals surface area contributed by atoms with Crippen molar-refractivity contribution < 1.29 is 18.1 Å². The van der Waals surface area contributed by atoms with Crippen LogP contribution >= 0.6 is 0 Å². The van der Waals surface area contributed by atoms with Crippen molar-refractivity contribution in [2.45, 2.75) is 0 Å². The third-order valence-corrected chi connectivity index (χ3v) is 11.7. The highest BCUT2D eigenvalue weighted by atomic mass is 16.3. The highest BCUT2D eigenvalue weighted by Crippen LogP contribution is 2.43. The number of rotatable bonds is 6. The molecule has 4 aromatic heterocycles. The van der Waals surface area contributed by atoms with Gasteiger partial charge in [0.1, 0.15) is 11.2 Å². The number of hydrogen-bond donors (Lipinski definition) is 0. The zero-order valence-electron chi connectivity index (χ0n) is 43.1. The Hall–Kier alpha value is -8.61. The SMILES string of the molecule is [2H]c1c([2H])c([2H])c(-c2cc(-c3c([2H])c([2H])c([2H])c([2H])c3[2H])cc(-n3c4ccccc4c4ccc5c6ccccc6n(-c6nc(-c7ccccc7)nc(-c7cccc8oc9ccccc9c78)n6)c5c43)c2)c([2H])c1[2H]. The number of benzene rings is 9. The molecule has 0 fully saturated rings. The quantitative estimate of drug-likeness (QED) is 0.168. The Balaban J connectivity index is 1.19. The highest BCUT2D eigenvalue weighted by molar-refractivity contribution is 6.24. The maximum absolute atomic E-state index is 9.10. The molecule has 4 heterocycles. The van der Waals surface area contributed by atoms with E-state index in [9.17, 15) is 0 Å². The summed E-state index contributed by atoms with van der Waals surface area (Å²) in [4.78, 5) is 15.8. The third-order valence-electron chi connectivity index (χ3n) is 11.7. The summed E-state index contributed by atoms with van der Waals surface area (Å²) in [6.07, 6.45) is 0. The molecule has 6 heteroatoms. The molecule has 13 aromatic rings. The molecule has 13 rings (SSSR count). The highest BCUT2D eigenvalue weighted by Gasteiger charge is 2.25. The summed E-state index contributed by atoms with van der Waals surface area (Å²) in [7, 11) is 0. The summed E-state index contributed by atoms with van der Waals surface area (Å²) >= 11 is 0. The van der Waals surface area contributed by atoms with Gasteiger partial charge >= 0.3 is 0 Å². The van der Waals surface area contributed by atoms with Gasteiger partial charge in [-0.2, -0.15) is 9.97 Å². The second-order valence-electron chi connectivity index (χ2n) is 15.3. The summed E-state index contributed by atoms with van der Waals surface area (Å²) in [5.41, 5.74) is 6.35. The maximum atomic E-state index is 9.10. The van der Waals surface area contributed by atoms with E-state index in [0.717, 1.165) is 60.1 Å². The molecule has 294 valence electrons. The fraction of sp³-hybridized carbons (Fsp3) is 0. The average molecular weight is 816 g/mol. The number of nitrogens with zero attached hydrogens (tertiary/aromatic N) is 5. The van der Waals surface area contributed by atoms with Gasteiger partial charge in [0, 0.05) is 49.1 Å². The van der Waals surface area contributed by atoms with Crippen molar-refractivity contribution in [3.8, 4) is 56.7 Å². The van der Waals surface area contributed by atoms with E-state index < -0.39 is 60.4 Å². The van der Waals surface area contributed by atoms with Gasteiger partial charge in [-0.1, -0.05) is 170 Å². The maximum Gasteiger partial charge on any atom is 0.238 e. The van der Waals surface area contributed by atoms with Gasteiger partial charge in [-0.15, -0.1) is 0 Å². The van der Waals surface area contributed by atoms with Gasteiger partial charge in [0.15, 0.2) is 11.6 Å². The molecule has 0 bridgehead atoms. The summed E-state index contributed by atoms with van der Waals surface area (Å²) < 4.78 is 98.2. The van der Waals surface area contributed by atoms with Gasteiger partial charge in [0.2, 0.25) is 5.95 Å². The van der Waals surface area contributed by atoms with Crippen LogP contribution in [-0.4, -0.2) is 24.1 Å². The van der Waals surface area contributed by atoms with E-state index in [0.29, 0.717) is 39.9 Å². The summed E-state index contributed by atoms with van der Waals surface area (Å²) in [5, 5.41) is 5.20. The van der Waals surface area contributed by atoms with E-state index in [4.69, 9.17) is 33.1 Å². The van der Waals surface area contributed by atoms with Crippen molar-refractivity contribution in [2.75, 3.05) is 0 Å². The van der Waals surface area contributed by atoms with E-state index in [1.807, 2.05) is 130 Å². The number of furan rings is 1. The Morgan fingerprint density at radius 3 is 1.63 bits per heavy atom. The Labute approximate surface area is 375 Å². The largest absolute Gasteiger partial charge is 0.456 e. The molecule has 0 aliphatic carbocycles. The van der Waals surface area contributed by atoms with Crippen molar-refractivity contribution in [1.82, 2.24) is 24.1 Å². The van der Waals surface area contributed by atoms with Crippen molar-refractivity contribution >= 4 is 65.6 Å². The third kappa shape index (κ3) is 5.55. The van der Waals surface area contributed by atoms with Gasteiger partial charge in [-0.3, -0.25) is 4.57 Å². The Kier molecular flexibility index (Phi) is 5.89. The van der Waals surface area contributed by atoms with Crippen molar-refractivity contribution in [1.29, 1.82) is 0 Å². The zero-order chi connectivity index (χ0) is 50.1. The first-order chi connectivity index (χ1) is 35.4. The molecular weight excluding hydrogens is 771 g/mol. The second kappa shape index (κ2) is 14.0. The van der Waals surface area contributed by atoms with Crippen LogP contribution in [0.25, 0.3) is 122 Å². The Bertz CT molecular complexity index is 4380. The zero-order valence-corrected chi connectivity index (χ0v) is 33.1. The standard InChI is InChI=1S/C57H35N5O/c1-4-17-36(18-5-1)39-33-40(37-19-6-2-7-20-37)35-41(34-39)61-48-27-13-10-23-42(48)44-31-32-45-43-24-11-14-28-49(43)62(54(45)53(44)61)57-59-55(38-21-8-3-9-22-38)58-56(60-57)47-26-16-30-51-52(47)46-25-12-15-29-50(46)63-51/h1-35H/i1D,2D,4D,5D,6D,7D,17D,18D,19D,20D. The molecule has 0 aliphatic heterocycles. The monoisotopic (exact) mass is 815 g/mol. The Morgan fingerprint density at radius 2 is 0.952 bits per heavy atom. The molecule has 6 nitrogen and oxygen atoms in total. The molecule has 0 saturated heterocycles. The number of aromatic nitrogens is 5. The van der Waals surface area contributed by atoms with Gasteiger partial charge in [0.25, 0.3) is 0 Å². The van der Waals surface area contributed by atoms with Gasteiger partial charge in [-0.25, -0.2) is 4.98 Å². The van der Waals surface area contributed by atoms with E-state index in [1.54, 1.807) is 12.1 Å². The summed E-state index contributed by atoms with van der Waals surface area (Å²) in [6.45, 7) is 0. The normalized spacial score (nSPS) is 14.0. The molecule has 9 aromatic carbocycles. The smallest absolute Gasteiger partial charge is 0.238 e. The van der Waals surface area contributed by atoms with E-state index >= 15 is 0 Å². The van der Waals surface area contributed by atoms with Crippen molar-refractivity contribution in [3.63, 3.8) is 0 Å². The second-order valence-corrected chi connectivity index (χ2v) is 15.3. The summed E-state index contributed by atoms with van der Waals surface area (Å²) in [6, 6.07) is 43.1. The topological polar surface area (TPSA) is 61.7 Å². The molecule has 0 radical (unpaired) electrons. The molecular formula is C57H35N5O. The average Bonchev–Trinajstić information content (AvgIpc) is 4.10. The minimum Gasteiger partial charge on any atom is -0.456 e. The van der Waals surface area contributed by atoms with Crippen LogP contribution in [0.3, 0.4) is 0 Å². The predicted molar refractivity (Wildman–Crippen MR) is 258 cm³/mol. The minimum atomic E-state index is -0.565. The molecule has 63 heavy (non-hydrogen) atoms. The summed E-state index contributed by atoms with van der Waals surface area (Å²) in [5.74, 6) is 1.16. The van der Waals surface area contributed by atoms with Crippen LogP contribution in [0.15, 0.2) is 217 Å². The molecule has 0 spiro atoms. The minimum absolute atomic E-state index is 0.118. The fourth-order valence-electron chi connectivity index (χ4n) is 9.06. The number of fused-ring (bicyclic) bond motifs is 10. The predicted octanol–water partition coefficient (Wildman–Crippen LogP) is 14.6. The fourth-order valence-corrected chi connectivity index (χ4v) is 9.06. The van der Waals surface area contributed by atoms with E-state index in [1.165, 1.54) is 6.07 Å². The molecule has 0 amide bonds. The van der Waals surface area contributed by atoms with Crippen LogP contribution in [0.1, 0.15) is 13.7 Å². The Morgan fingerprint density at radius 1 is 0.397 bits per heavy atom. The van der Waals surface area contributed by atoms with Crippen LogP contribution in [0.4, 0.5) is 0 Å². The van der Waals surface area contributed by atoms with Crippen LogP contribution in [0.5, 0.6) is 0 Å². The van der Waals surface area contributed by atoms with Crippen molar-refractivity contribution in [2.24, 2.45) is 0 Å². The van der Waals surface area contributed by atoms with Crippen LogP contribution in [0.2, 0.25) is 0 Å². The molecule has 0 N–H and O–H groups in total. The lowest BCUT2D eigenvalue weighted by Crippen LogP contribution is -2.07. The number of para-hydroxylation sites is 3. The molecule has 0 unspecified atom stereocenters. The lowest BCUT2D eigenvalue weighted by atomic mass is 9.98. The lowest BCUT2D eigenvalue weighted by molar-refractivity contribution is 0.669. The molecule has 0 saturated carbocycles. The first kappa shape index (κ1) is 26.6. The van der Waals surface area contributed by atoms with Gasteiger partial charge < -0.3 is 8.98 Å². The van der Waals surface area contributed by atoms with Crippen LogP contribution in [-0.2, 0) is 0 Å². The van der Waals surface area contributed by atoms with Crippen molar-refractivity contribution in [3.05, 3.63) is 212 Å². The van der Waals surface area contributed by atoms with Gasteiger partial charge in [0.05, 0.1) is 35.8 Å². The molecule has 0 aliphatic rings. The first-order valence-corrected chi connectivity index (χ1v) is 20.4.